The third-order valence-electron chi connectivity index (χ3n) is 3.24. The molecule has 0 N–H and O–H groups in total. The fourth-order valence-corrected chi connectivity index (χ4v) is 2.59. The molecule has 1 fully saturated rings. The Morgan fingerprint density at radius 3 is 2.69 bits per heavy atom. The van der Waals surface area contributed by atoms with Crippen molar-refractivity contribution in [1.82, 2.24) is 4.90 Å². The first-order valence-electron chi connectivity index (χ1n) is 6.53. The number of rotatable bonds is 7. The van der Waals surface area contributed by atoms with Crippen LogP contribution in [0, 0.1) is 0 Å². The van der Waals surface area contributed by atoms with Crippen molar-refractivity contribution in [2.45, 2.75) is 58.3 Å². The lowest BCUT2D eigenvalue weighted by atomic mass is 10.1. The molecule has 1 aliphatic rings. The van der Waals surface area contributed by atoms with E-state index < -0.39 is 0 Å². The molecule has 0 aromatic rings. The highest BCUT2D eigenvalue weighted by Gasteiger charge is 2.29. The van der Waals surface area contributed by atoms with Gasteiger partial charge < -0.3 is 9.47 Å². The van der Waals surface area contributed by atoms with Crippen LogP contribution in [-0.4, -0.2) is 50.0 Å². The normalized spacial score (nSPS) is 24.2. The third kappa shape index (κ3) is 4.40. The summed E-state index contributed by atoms with van der Waals surface area (Å²) >= 11 is 0. The first-order chi connectivity index (χ1) is 7.65. The average molecular weight is 229 g/mol. The average Bonchev–Trinajstić information content (AvgIpc) is 2.65. The molecule has 2 atom stereocenters. The van der Waals surface area contributed by atoms with Gasteiger partial charge in [-0.2, -0.15) is 0 Å². The van der Waals surface area contributed by atoms with E-state index in [0.717, 1.165) is 19.6 Å². The molecule has 0 amide bonds. The summed E-state index contributed by atoms with van der Waals surface area (Å²) in [6.45, 7) is 9.66. The molecule has 0 aliphatic carbocycles. The smallest absolute Gasteiger partial charge is 0.0705 e. The van der Waals surface area contributed by atoms with Crippen LogP contribution in [-0.2, 0) is 9.47 Å². The zero-order chi connectivity index (χ0) is 12.0. The largest absolute Gasteiger partial charge is 0.385 e. The summed E-state index contributed by atoms with van der Waals surface area (Å²) in [6, 6.07) is 0.610. The van der Waals surface area contributed by atoms with E-state index in [1.165, 1.54) is 19.4 Å². The van der Waals surface area contributed by atoms with Gasteiger partial charge in [0, 0.05) is 26.3 Å². The summed E-state index contributed by atoms with van der Waals surface area (Å²) in [5.41, 5.74) is 0. The third-order valence-corrected chi connectivity index (χ3v) is 3.24. The van der Waals surface area contributed by atoms with Crippen LogP contribution in [0.15, 0.2) is 0 Å². The van der Waals surface area contributed by atoms with Gasteiger partial charge in [-0.15, -0.1) is 0 Å². The summed E-state index contributed by atoms with van der Waals surface area (Å²) in [4.78, 5) is 2.56. The van der Waals surface area contributed by atoms with E-state index in [2.05, 4.69) is 25.7 Å². The van der Waals surface area contributed by atoms with Crippen LogP contribution in [0.4, 0.5) is 0 Å². The Morgan fingerprint density at radius 2 is 2.06 bits per heavy atom. The van der Waals surface area contributed by atoms with Gasteiger partial charge in [-0.3, -0.25) is 4.90 Å². The van der Waals surface area contributed by atoms with Crippen molar-refractivity contribution in [3.8, 4) is 0 Å². The predicted octanol–water partition coefficient (Wildman–Crippen LogP) is 2.30. The highest BCUT2D eigenvalue weighted by molar-refractivity contribution is 4.84. The van der Waals surface area contributed by atoms with Crippen LogP contribution in [0.25, 0.3) is 0 Å². The number of likely N-dealkylation sites (tertiary alicyclic amines) is 1. The lowest BCUT2D eigenvalue weighted by molar-refractivity contribution is -0.0258. The Hall–Kier alpha value is -0.120. The maximum Gasteiger partial charge on any atom is 0.0705 e. The van der Waals surface area contributed by atoms with E-state index in [-0.39, 0.29) is 0 Å². The van der Waals surface area contributed by atoms with Gasteiger partial charge in [0.15, 0.2) is 0 Å². The van der Waals surface area contributed by atoms with Gasteiger partial charge in [-0.25, -0.2) is 0 Å². The quantitative estimate of drug-likeness (QED) is 0.625. The zero-order valence-corrected chi connectivity index (χ0v) is 11.2. The van der Waals surface area contributed by atoms with Gasteiger partial charge in [0.05, 0.1) is 12.2 Å². The van der Waals surface area contributed by atoms with Crippen molar-refractivity contribution in [2.24, 2.45) is 0 Å². The van der Waals surface area contributed by atoms with E-state index in [1.807, 2.05) is 0 Å². The van der Waals surface area contributed by atoms with Crippen LogP contribution in [0.2, 0.25) is 0 Å². The Kier molecular flexibility index (Phi) is 6.32. The minimum atomic E-state index is 0.330. The molecule has 1 heterocycles. The molecule has 0 saturated carbocycles. The number of hydrogen-bond acceptors (Lipinski definition) is 3. The summed E-state index contributed by atoms with van der Waals surface area (Å²) in [6.07, 6.45) is 4.40. The summed E-state index contributed by atoms with van der Waals surface area (Å²) in [5.74, 6) is 0. The van der Waals surface area contributed by atoms with E-state index in [0.29, 0.717) is 18.2 Å². The fourth-order valence-electron chi connectivity index (χ4n) is 2.59. The maximum absolute atomic E-state index is 5.90. The van der Waals surface area contributed by atoms with Gasteiger partial charge >= 0.3 is 0 Å². The number of methoxy groups -OCH3 is 1. The van der Waals surface area contributed by atoms with Crippen molar-refractivity contribution < 1.29 is 9.47 Å². The second-order valence-electron chi connectivity index (χ2n) is 4.98. The van der Waals surface area contributed by atoms with Gasteiger partial charge in [-0.05, 0) is 46.6 Å². The Balaban J connectivity index is 2.32. The lowest BCUT2D eigenvalue weighted by Crippen LogP contribution is -2.40. The minimum absolute atomic E-state index is 0.330. The van der Waals surface area contributed by atoms with Gasteiger partial charge in [0.1, 0.15) is 0 Å². The van der Waals surface area contributed by atoms with Crippen LogP contribution >= 0.6 is 0 Å². The Bertz CT molecular complexity index is 185. The second kappa shape index (κ2) is 7.25. The fraction of sp³-hybridized carbons (Fsp3) is 1.00. The standard InChI is InChI=1S/C13H27NO2/c1-11(2)16-12(3)13-7-5-8-14(13)9-6-10-15-4/h11-13H,5-10H2,1-4H3/t12-,13?/m0/s1. The lowest BCUT2D eigenvalue weighted by Gasteiger charge is -2.30. The molecule has 16 heavy (non-hydrogen) atoms. The van der Waals surface area contributed by atoms with Crippen LogP contribution in [0.5, 0.6) is 0 Å². The van der Waals surface area contributed by atoms with E-state index >= 15 is 0 Å². The Labute approximate surface area is 100 Å². The SMILES string of the molecule is COCCCN1CCCC1[C@H](C)OC(C)C. The molecule has 96 valence electrons. The van der Waals surface area contributed by atoms with Crippen molar-refractivity contribution in [2.75, 3.05) is 26.8 Å². The van der Waals surface area contributed by atoms with Crippen LogP contribution in [0.3, 0.4) is 0 Å². The van der Waals surface area contributed by atoms with Gasteiger partial charge in [0.2, 0.25) is 0 Å². The summed E-state index contributed by atoms with van der Waals surface area (Å²) in [7, 11) is 1.77. The molecule has 3 nitrogen and oxygen atoms in total. The first-order valence-corrected chi connectivity index (χ1v) is 6.53. The molecular weight excluding hydrogens is 202 g/mol. The summed E-state index contributed by atoms with van der Waals surface area (Å²) < 4.78 is 11.0. The van der Waals surface area contributed by atoms with E-state index in [9.17, 15) is 0 Å². The minimum Gasteiger partial charge on any atom is -0.385 e. The molecule has 0 aromatic carbocycles. The number of hydrogen-bond donors (Lipinski definition) is 0. The molecule has 0 aromatic heterocycles. The monoisotopic (exact) mass is 229 g/mol. The predicted molar refractivity (Wildman–Crippen MR) is 66.8 cm³/mol. The van der Waals surface area contributed by atoms with Gasteiger partial charge in [-0.1, -0.05) is 0 Å². The van der Waals surface area contributed by atoms with E-state index in [1.54, 1.807) is 7.11 Å². The maximum atomic E-state index is 5.90. The molecule has 1 rings (SSSR count). The molecule has 1 saturated heterocycles. The molecule has 1 unspecified atom stereocenters. The number of nitrogens with zero attached hydrogens (tertiary/aromatic N) is 1. The second-order valence-corrected chi connectivity index (χ2v) is 4.98. The topological polar surface area (TPSA) is 21.7 Å². The zero-order valence-electron chi connectivity index (χ0n) is 11.2. The van der Waals surface area contributed by atoms with Crippen molar-refractivity contribution in [3.05, 3.63) is 0 Å². The summed E-state index contributed by atoms with van der Waals surface area (Å²) in [5, 5.41) is 0. The first kappa shape index (κ1) is 13.9. The van der Waals surface area contributed by atoms with Crippen molar-refractivity contribution >= 4 is 0 Å². The number of ether oxygens (including phenoxy) is 2. The molecule has 0 radical (unpaired) electrons. The molecule has 0 spiro atoms. The van der Waals surface area contributed by atoms with Crippen LogP contribution < -0.4 is 0 Å². The van der Waals surface area contributed by atoms with Crippen molar-refractivity contribution in [1.29, 1.82) is 0 Å². The molecule has 3 heteroatoms. The highest BCUT2D eigenvalue weighted by atomic mass is 16.5. The van der Waals surface area contributed by atoms with Gasteiger partial charge in [0.25, 0.3) is 0 Å². The molecule has 1 aliphatic heterocycles. The highest BCUT2D eigenvalue weighted by Crippen LogP contribution is 2.22. The molecule has 0 bridgehead atoms. The van der Waals surface area contributed by atoms with Crippen LogP contribution in [0.1, 0.15) is 40.0 Å². The van der Waals surface area contributed by atoms with Crippen molar-refractivity contribution in [3.63, 3.8) is 0 Å². The van der Waals surface area contributed by atoms with E-state index in [4.69, 9.17) is 9.47 Å². The Morgan fingerprint density at radius 1 is 1.31 bits per heavy atom. The molecular formula is C13H27NO2.